The van der Waals surface area contributed by atoms with Crippen molar-refractivity contribution in [2.45, 2.75) is 19.5 Å². The molecule has 0 atom stereocenters. The van der Waals surface area contributed by atoms with Crippen molar-refractivity contribution in [3.05, 3.63) is 71.1 Å². The van der Waals surface area contributed by atoms with Gasteiger partial charge in [0.15, 0.2) is 0 Å². The van der Waals surface area contributed by atoms with Crippen molar-refractivity contribution < 1.29 is 22.4 Å². The Morgan fingerprint density at radius 2 is 1.70 bits per heavy atom. The maximum atomic E-state index is 12.5. The standard InChI is InChI=1S/C19H16F3N3O2/c1-12-24-25-18(27-12)15-6-4-14(5-7-15)17(26)23-11-10-13-2-8-16(9-3-13)19(20,21)22/h2-9H,10-11H2,1H3,(H,23,26). The Bertz CT molecular complexity index is 917. The molecule has 2 aromatic carbocycles. The number of rotatable bonds is 5. The number of amides is 1. The van der Waals surface area contributed by atoms with Gasteiger partial charge in [-0.3, -0.25) is 4.79 Å². The third-order valence-electron chi connectivity index (χ3n) is 3.90. The van der Waals surface area contributed by atoms with Crippen LogP contribution in [0.25, 0.3) is 11.5 Å². The highest BCUT2D eigenvalue weighted by Crippen LogP contribution is 2.29. The summed E-state index contributed by atoms with van der Waals surface area (Å²) in [5.41, 5.74) is 1.19. The summed E-state index contributed by atoms with van der Waals surface area (Å²) >= 11 is 0. The van der Waals surface area contributed by atoms with E-state index in [9.17, 15) is 18.0 Å². The van der Waals surface area contributed by atoms with E-state index in [1.165, 1.54) is 12.1 Å². The Kier molecular flexibility index (Phi) is 5.25. The van der Waals surface area contributed by atoms with Crippen LogP contribution < -0.4 is 5.32 Å². The van der Waals surface area contributed by atoms with Crippen molar-refractivity contribution in [1.82, 2.24) is 15.5 Å². The summed E-state index contributed by atoms with van der Waals surface area (Å²) in [4.78, 5) is 12.2. The van der Waals surface area contributed by atoms with E-state index in [1.807, 2.05) is 0 Å². The maximum Gasteiger partial charge on any atom is 0.416 e. The fourth-order valence-electron chi connectivity index (χ4n) is 2.46. The molecule has 0 aliphatic heterocycles. The van der Waals surface area contributed by atoms with Crippen molar-refractivity contribution in [3.8, 4) is 11.5 Å². The van der Waals surface area contributed by atoms with Gasteiger partial charge in [-0.15, -0.1) is 10.2 Å². The highest BCUT2D eigenvalue weighted by molar-refractivity contribution is 5.94. The van der Waals surface area contributed by atoms with Crippen molar-refractivity contribution in [3.63, 3.8) is 0 Å². The zero-order valence-corrected chi connectivity index (χ0v) is 14.4. The van der Waals surface area contributed by atoms with Crippen molar-refractivity contribution in [1.29, 1.82) is 0 Å². The van der Waals surface area contributed by atoms with Gasteiger partial charge in [-0.25, -0.2) is 0 Å². The van der Waals surface area contributed by atoms with Crippen LogP contribution in [0.2, 0.25) is 0 Å². The smallest absolute Gasteiger partial charge is 0.416 e. The highest BCUT2D eigenvalue weighted by Gasteiger charge is 2.29. The summed E-state index contributed by atoms with van der Waals surface area (Å²) in [6, 6.07) is 11.6. The number of carbonyl (C=O) groups is 1. The Labute approximate surface area is 153 Å². The molecule has 0 saturated heterocycles. The average molecular weight is 375 g/mol. The van der Waals surface area contributed by atoms with Crippen LogP contribution in [0, 0.1) is 6.92 Å². The molecule has 0 unspecified atom stereocenters. The number of aryl methyl sites for hydroxylation is 1. The Morgan fingerprint density at radius 3 is 2.26 bits per heavy atom. The SMILES string of the molecule is Cc1nnc(-c2ccc(C(=O)NCCc3ccc(C(F)(F)F)cc3)cc2)o1. The number of hydrogen-bond donors (Lipinski definition) is 1. The zero-order chi connectivity index (χ0) is 19.4. The minimum absolute atomic E-state index is 0.268. The Morgan fingerprint density at radius 1 is 1.04 bits per heavy atom. The molecule has 5 nitrogen and oxygen atoms in total. The molecule has 0 aliphatic rings. The lowest BCUT2D eigenvalue weighted by molar-refractivity contribution is -0.137. The van der Waals surface area contributed by atoms with Gasteiger partial charge in [0.1, 0.15) is 0 Å². The molecule has 3 aromatic rings. The predicted molar refractivity (Wildman–Crippen MR) is 92.0 cm³/mol. The number of benzene rings is 2. The van der Waals surface area contributed by atoms with Crippen LogP contribution in [0.4, 0.5) is 13.2 Å². The molecule has 0 fully saturated rings. The van der Waals surface area contributed by atoms with Crippen LogP contribution in [-0.4, -0.2) is 22.6 Å². The van der Waals surface area contributed by atoms with Crippen LogP contribution in [0.5, 0.6) is 0 Å². The number of hydrogen-bond acceptors (Lipinski definition) is 4. The molecule has 0 saturated carbocycles. The molecule has 1 aromatic heterocycles. The number of carbonyl (C=O) groups excluding carboxylic acids is 1. The number of halogens is 3. The van der Waals surface area contributed by atoms with Gasteiger partial charge in [0.25, 0.3) is 5.91 Å². The lowest BCUT2D eigenvalue weighted by Crippen LogP contribution is -2.25. The Balaban J connectivity index is 1.53. The molecule has 8 heteroatoms. The van der Waals surface area contributed by atoms with E-state index in [0.717, 1.165) is 12.1 Å². The number of nitrogens with one attached hydrogen (secondary N) is 1. The first-order valence-electron chi connectivity index (χ1n) is 8.18. The fourth-order valence-corrected chi connectivity index (χ4v) is 2.46. The van der Waals surface area contributed by atoms with E-state index >= 15 is 0 Å². The van der Waals surface area contributed by atoms with E-state index < -0.39 is 11.7 Å². The highest BCUT2D eigenvalue weighted by atomic mass is 19.4. The van der Waals surface area contributed by atoms with Gasteiger partial charge < -0.3 is 9.73 Å². The van der Waals surface area contributed by atoms with Crippen LogP contribution in [0.3, 0.4) is 0 Å². The topological polar surface area (TPSA) is 68.0 Å². The van der Waals surface area contributed by atoms with Crippen molar-refractivity contribution in [2.75, 3.05) is 6.54 Å². The lowest BCUT2D eigenvalue weighted by atomic mass is 10.1. The number of aromatic nitrogens is 2. The fraction of sp³-hybridized carbons (Fsp3) is 0.211. The molecule has 140 valence electrons. The largest absolute Gasteiger partial charge is 0.421 e. The van der Waals surface area contributed by atoms with Gasteiger partial charge in [0.2, 0.25) is 11.8 Å². The zero-order valence-electron chi connectivity index (χ0n) is 14.4. The van der Waals surface area contributed by atoms with Gasteiger partial charge in [-0.2, -0.15) is 13.2 Å². The summed E-state index contributed by atoms with van der Waals surface area (Å²) in [6.07, 6.45) is -3.91. The van der Waals surface area contributed by atoms with E-state index in [0.29, 0.717) is 41.4 Å². The third kappa shape index (κ3) is 4.72. The minimum atomic E-state index is -4.35. The van der Waals surface area contributed by atoms with E-state index in [-0.39, 0.29) is 5.91 Å². The lowest BCUT2D eigenvalue weighted by Gasteiger charge is -2.08. The first-order chi connectivity index (χ1) is 12.8. The summed E-state index contributed by atoms with van der Waals surface area (Å²) in [5, 5.41) is 10.4. The van der Waals surface area contributed by atoms with Crippen LogP contribution in [-0.2, 0) is 12.6 Å². The molecule has 0 radical (unpaired) electrons. The molecule has 3 rings (SSSR count). The quantitative estimate of drug-likeness (QED) is 0.731. The second kappa shape index (κ2) is 7.61. The minimum Gasteiger partial charge on any atom is -0.421 e. The second-order valence-corrected chi connectivity index (χ2v) is 5.90. The van der Waals surface area contributed by atoms with Gasteiger partial charge >= 0.3 is 6.18 Å². The van der Waals surface area contributed by atoms with Crippen molar-refractivity contribution >= 4 is 5.91 Å². The summed E-state index contributed by atoms with van der Waals surface area (Å²) < 4.78 is 42.9. The maximum absolute atomic E-state index is 12.5. The first-order valence-corrected chi connectivity index (χ1v) is 8.18. The van der Waals surface area contributed by atoms with Crippen LogP contribution in [0.15, 0.2) is 52.9 Å². The second-order valence-electron chi connectivity index (χ2n) is 5.90. The molecular weight excluding hydrogens is 359 g/mol. The molecule has 1 amide bonds. The summed E-state index contributed by atoms with van der Waals surface area (Å²) in [5.74, 6) is 0.562. The molecule has 1 heterocycles. The van der Waals surface area contributed by atoms with Gasteiger partial charge in [0.05, 0.1) is 5.56 Å². The van der Waals surface area contributed by atoms with Gasteiger partial charge in [0, 0.05) is 24.6 Å². The average Bonchev–Trinajstić information content (AvgIpc) is 3.08. The number of alkyl halides is 3. The van der Waals surface area contributed by atoms with E-state index in [4.69, 9.17) is 4.42 Å². The monoisotopic (exact) mass is 375 g/mol. The molecule has 0 spiro atoms. The summed E-state index contributed by atoms with van der Waals surface area (Å²) in [7, 11) is 0. The predicted octanol–water partition coefficient (Wildman–Crippen LogP) is 4.04. The van der Waals surface area contributed by atoms with Crippen LogP contribution >= 0.6 is 0 Å². The van der Waals surface area contributed by atoms with E-state index in [1.54, 1.807) is 31.2 Å². The van der Waals surface area contributed by atoms with Crippen molar-refractivity contribution in [2.24, 2.45) is 0 Å². The molecule has 27 heavy (non-hydrogen) atoms. The third-order valence-corrected chi connectivity index (χ3v) is 3.90. The van der Waals surface area contributed by atoms with Gasteiger partial charge in [-0.1, -0.05) is 12.1 Å². The summed E-state index contributed by atoms with van der Waals surface area (Å²) in [6.45, 7) is 2.00. The molecular formula is C19H16F3N3O2. The van der Waals surface area contributed by atoms with Gasteiger partial charge in [-0.05, 0) is 48.4 Å². The van der Waals surface area contributed by atoms with Crippen LogP contribution in [0.1, 0.15) is 27.4 Å². The first kappa shape index (κ1) is 18.6. The molecule has 0 bridgehead atoms. The normalized spacial score (nSPS) is 11.4. The Hall–Kier alpha value is -3.16. The van der Waals surface area contributed by atoms with E-state index in [2.05, 4.69) is 15.5 Å². The number of nitrogens with zero attached hydrogens (tertiary/aromatic N) is 2. The molecule has 0 aliphatic carbocycles. The molecule has 1 N–H and O–H groups in total.